The van der Waals surface area contributed by atoms with E-state index in [-0.39, 0.29) is 0 Å². The zero-order chi connectivity index (χ0) is 9.40. The highest BCUT2D eigenvalue weighted by Crippen LogP contribution is 2.13. The van der Waals surface area contributed by atoms with Crippen LogP contribution in [0.5, 0.6) is 0 Å². The van der Waals surface area contributed by atoms with Crippen molar-refractivity contribution in [2.75, 3.05) is 18.8 Å². The van der Waals surface area contributed by atoms with Crippen LogP contribution in [0.4, 0.5) is 0 Å². The van der Waals surface area contributed by atoms with E-state index in [1.807, 2.05) is 11.8 Å². The molecule has 70 valence electrons. The molecule has 1 nitrogen and oxygen atoms in total. The van der Waals surface area contributed by atoms with E-state index in [1.165, 1.54) is 5.75 Å². The Labute approximate surface area is 80.7 Å². The van der Waals surface area contributed by atoms with Crippen LogP contribution in [0, 0.1) is 18.3 Å². The number of hydrogen-bond donors (Lipinski definition) is 1. The van der Waals surface area contributed by atoms with Gasteiger partial charge in [-0.25, -0.2) is 0 Å². The SMILES string of the molecule is C#CCNCC(C)SCC(C)C. The van der Waals surface area contributed by atoms with Crippen LogP contribution in [-0.4, -0.2) is 24.1 Å². The van der Waals surface area contributed by atoms with Crippen LogP contribution in [0.25, 0.3) is 0 Å². The van der Waals surface area contributed by atoms with Gasteiger partial charge in [0.05, 0.1) is 6.54 Å². The van der Waals surface area contributed by atoms with Gasteiger partial charge in [-0.2, -0.15) is 11.8 Å². The molecular formula is C10H19NS. The van der Waals surface area contributed by atoms with Gasteiger partial charge in [-0.15, -0.1) is 6.42 Å². The van der Waals surface area contributed by atoms with Gasteiger partial charge >= 0.3 is 0 Å². The minimum atomic E-state index is 0.667. The molecule has 1 atom stereocenters. The summed E-state index contributed by atoms with van der Waals surface area (Å²) in [6, 6.07) is 0. The van der Waals surface area contributed by atoms with Crippen LogP contribution >= 0.6 is 11.8 Å². The van der Waals surface area contributed by atoms with Crippen LogP contribution in [0.3, 0.4) is 0 Å². The maximum Gasteiger partial charge on any atom is 0.0574 e. The quantitative estimate of drug-likeness (QED) is 0.502. The lowest BCUT2D eigenvalue weighted by Gasteiger charge is -2.12. The standard InChI is InChI=1S/C10H19NS/c1-5-6-11-7-10(4)12-8-9(2)3/h1,9-11H,6-8H2,2-4H3. The lowest BCUT2D eigenvalue weighted by Crippen LogP contribution is -2.23. The highest BCUT2D eigenvalue weighted by atomic mass is 32.2. The maximum atomic E-state index is 5.12. The summed E-state index contributed by atoms with van der Waals surface area (Å²) in [6.07, 6.45) is 5.12. The van der Waals surface area contributed by atoms with Crippen LogP contribution in [-0.2, 0) is 0 Å². The summed E-state index contributed by atoms with van der Waals surface area (Å²) in [5.74, 6) is 4.59. The van der Waals surface area contributed by atoms with Crippen molar-refractivity contribution in [3.05, 3.63) is 0 Å². The predicted molar refractivity (Wildman–Crippen MR) is 58.5 cm³/mol. The van der Waals surface area contributed by atoms with E-state index in [9.17, 15) is 0 Å². The zero-order valence-electron chi connectivity index (χ0n) is 8.26. The Hall–Kier alpha value is -0.130. The normalized spacial score (nSPS) is 12.9. The molecule has 0 spiro atoms. The molecule has 0 saturated carbocycles. The van der Waals surface area contributed by atoms with Crippen LogP contribution in [0.1, 0.15) is 20.8 Å². The molecule has 0 rings (SSSR count). The Morgan fingerprint density at radius 1 is 1.42 bits per heavy atom. The molecule has 0 aromatic rings. The van der Waals surface area contributed by atoms with Crippen molar-refractivity contribution in [2.24, 2.45) is 5.92 Å². The first-order valence-electron chi connectivity index (χ1n) is 4.42. The molecule has 0 heterocycles. The zero-order valence-corrected chi connectivity index (χ0v) is 9.08. The minimum absolute atomic E-state index is 0.667. The van der Waals surface area contributed by atoms with Crippen molar-refractivity contribution in [2.45, 2.75) is 26.0 Å². The molecule has 0 fully saturated rings. The molecule has 1 unspecified atom stereocenters. The van der Waals surface area contributed by atoms with Crippen molar-refractivity contribution in [1.29, 1.82) is 0 Å². The molecule has 0 aliphatic carbocycles. The Balaban J connectivity index is 3.22. The first-order valence-corrected chi connectivity index (χ1v) is 5.47. The van der Waals surface area contributed by atoms with E-state index in [2.05, 4.69) is 32.0 Å². The molecule has 0 aliphatic heterocycles. The molecule has 0 radical (unpaired) electrons. The molecular weight excluding hydrogens is 166 g/mol. The van der Waals surface area contributed by atoms with Crippen LogP contribution < -0.4 is 5.32 Å². The molecule has 0 amide bonds. The van der Waals surface area contributed by atoms with Gasteiger partial charge in [0.25, 0.3) is 0 Å². The van der Waals surface area contributed by atoms with E-state index in [0.717, 1.165) is 12.5 Å². The fourth-order valence-electron chi connectivity index (χ4n) is 0.763. The van der Waals surface area contributed by atoms with Crippen molar-refractivity contribution >= 4 is 11.8 Å². The van der Waals surface area contributed by atoms with E-state index >= 15 is 0 Å². The molecule has 0 bridgehead atoms. The Kier molecular flexibility index (Phi) is 7.43. The van der Waals surface area contributed by atoms with E-state index < -0.39 is 0 Å². The van der Waals surface area contributed by atoms with Gasteiger partial charge in [-0.05, 0) is 11.7 Å². The summed E-state index contributed by atoms with van der Waals surface area (Å²) in [5, 5.41) is 3.87. The topological polar surface area (TPSA) is 12.0 Å². The highest BCUT2D eigenvalue weighted by molar-refractivity contribution is 7.99. The second-order valence-corrected chi connectivity index (χ2v) is 4.84. The lowest BCUT2D eigenvalue weighted by molar-refractivity contribution is 0.727. The molecule has 1 N–H and O–H groups in total. The van der Waals surface area contributed by atoms with Crippen molar-refractivity contribution in [3.63, 3.8) is 0 Å². The number of thioether (sulfide) groups is 1. The first kappa shape index (κ1) is 11.9. The summed E-state index contributed by atoms with van der Waals surface area (Å²) in [4.78, 5) is 0. The monoisotopic (exact) mass is 185 g/mol. The van der Waals surface area contributed by atoms with Gasteiger partial charge in [0.1, 0.15) is 0 Å². The largest absolute Gasteiger partial charge is 0.305 e. The lowest BCUT2D eigenvalue weighted by atomic mass is 10.3. The third-order valence-corrected chi connectivity index (χ3v) is 2.97. The molecule has 0 aliphatic rings. The number of rotatable bonds is 6. The second kappa shape index (κ2) is 7.52. The summed E-state index contributed by atoms with van der Waals surface area (Å²) >= 11 is 2.00. The van der Waals surface area contributed by atoms with Crippen molar-refractivity contribution in [1.82, 2.24) is 5.32 Å². The summed E-state index contributed by atoms with van der Waals surface area (Å²) in [7, 11) is 0. The summed E-state index contributed by atoms with van der Waals surface area (Å²) in [5.41, 5.74) is 0. The number of hydrogen-bond acceptors (Lipinski definition) is 2. The molecule has 0 aromatic carbocycles. The minimum Gasteiger partial charge on any atom is -0.305 e. The Morgan fingerprint density at radius 2 is 2.08 bits per heavy atom. The average molecular weight is 185 g/mol. The van der Waals surface area contributed by atoms with Gasteiger partial charge in [0.2, 0.25) is 0 Å². The van der Waals surface area contributed by atoms with Gasteiger partial charge < -0.3 is 5.32 Å². The Morgan fingerprint density at radius 3 is 2.58 bits per heavy atom. The third kappa shape index (κ3) is 7.97. The second-order valence-electron chi connectivity index (χ2n) is 3.37. The van der Waals surface area contributed by atoms with Crippen LogP contribution in [0.15, 0.2) is 0 Å². The Bertz CT molecular complexity index is 137. The van der Waals surface area contributed by atoms with Crippen LogP contribution in [0.2, 0.25) is 0 Å². The fraction of sp³-hybridized carbons (Fsp3) is 0.800. The maximum absolute atomic E-state index is 5.12. The number of nitrogens with one attached hydrogen (secondary N) is 1. The molecule has 0 saturated heterocycles. The summed E-state index contributed by atoms with van der Waals surface area (Å²) in [6.45, 7) is 8.42. The molecule has 12 heavy (non-hydrogen) atoms. The van der Waals surface area contributed by atoms with E-state index in [1.54, 1.807) is 0 Å². The smallest absolute Gasteiger partial charge is 0.0574 e. The van der Waals surface area contributed by atoms with E-state index in [4.69, 9.17) is 6.42 Å². The van der Waals surface area contributed by atoms with Crippen molar-refractivity contribution in [3.8, 4) is 12.3 Å². The number of terminal acetylenes is 1. The van der Waals surface area contributed by atoms with Gasteiger partial charge in [0, 0.05) is 11.8 Å². The van der Waals surface area contributed by atoms with Gasteiger partial charge in [0.15, 0.2) is 0 Å². The average Bonchev–Trinajstić information content (AvgIpc) is 2.01. The third-order valence-electron chi connectivity index (χ3n) is 1.37. The van der Waals surface area contributed by atoms with Gasteiger partial charge in [-0.3, -0.25) is 0 Å². The highest BCUT2D eigenvalue weighted by Gasteiger charge is 2.02. The first-order chi connectivity index (χ1) is 5.66. The molecule has 0 aromatic heterocycles. The predicted octanol–water partition coefficient (Wildman–Crippen LogP) is 1.99. The van der Waals surface area contributed by atoms with E-state index in [0.29, 0.717) is 11.8 Å². The fourth-order valence-corrected chi connectivity index (χ4v) is 1.71. The van der Waals surface area contributed by atoms with Crippen molar-refractivity contribution < 1.29 is 0 Å². The molecule has 2 heteroatoms. The van der Waals surface area contributed by atoms with Gasteiger partial charge in [-0.1, -0.05) is 26.7 Å². The summed E-state index contributed by atoms with van der Waals surface area (Å²) < 4.78 is 0.